The Morgan fingerprint density at radius 1 is 0.833 bits per heavy atom. The number of aliphatic hydroxyl groups is 1. The molecule has 36 heavy (non-hydrogen) atoms. The second-order valence-corrected chi connectivity index (χ2v) is 11.0. The topological polar surface area (TPSA) is 55.8 Å². The molecule has 0 bridgehead atoms. The van der Waals surface area contributed by atoms with Crippen LogP contribution in [0.15, 0.2) is 60.7 Å². The van der Waals surface area contributed by atoms with Crippen LogP contribution in [0.1, 0.15) is 75.4 Å². The molecule has 0 fully saturated rings. The number of hydrogen-bond acceptors (Lipinski definition) is 4. The third-order valence-corrected chi connectivity index (χ3v) is 7.43. The highest BCUT2D eigenvalue weighted by Crippen LogP contribution is 2.47. The normalized spacial score (nSPS) is 15.7. The van der Waals surface area contributed by atoms with Crippen LogP contribution in [0.5, 0.6) is 5.75 Å². The third kappa shape index (κ3) is 5.34. The summed E-state index contributed by atoms with van der Waals surface area (Å²) in [6.07, 6.45) is 2.92. The van der Waals surface area contributed by atoms with Crippen molar-refractivity contribution < 1.29 is 19.4 Å². The molecule has 0 radical (unpaired) electrons. The molecule has 1 N–H and O–H groups in total. The van der Waals surface area contributed by atoms with Gasteiger partial charge in [0.2, 0.25) is 0 Å². The number of ether oxygens (including phenoxy) is 2. The first-order valence-electron chi connectivity index (χ1n) is 13.0. The Morgan fingerprint density at radius 2 is 1.47 bits per heavy atom. The lowest BCUT2D eigenvalue weighted by molar-refractivity contribution is 0.0526. The first kappa shape index (κ1) is 26.0. The van der Waals surface area contributed by atoms with Gasteiger partial charge in [0, 0.05) is 18.6 Å². The molecule has 0 amide bonds. The van der Waals surface area contributed by atoms with Crippen LogP contribution in [0.2, 0.25) is 0 Å². The monoisotopic (exact) mass is 486 g/mol. The SMILES string of the molecule is CCOC(=O)c1ccc(-c2ccc(OCCCO)c(-c3ccc4c(c3)C(C)(C)CCC4(C)C)c2)cc1. The minimum Gasteiger partial charge on any atom is -0.493 e. The Kier molecular flexibility index (Phi) is 7.56. The second kappa shape index (κ2) is 10.5. The van der Waals surface area contributed by atoms with Gasteiger partial charge < -0.3 is 14.6 Å². The van der Waals surface area contributed by atoms with E-state index in [0.29, 0.717) is 25.2 Å². The molecule has 4 nitrogen and oxygen atoms in total. The Morgan fingerprint density at radius 3 is 2.14 bits per heavy atom. The highest BCUT2D eigenvalue weighted by atomic mass is 16.5. The maximum atomic E-state index is 12.1. The predicted octanol–water partition coefficient (Wildman–Crippen LogP) is 7.31. The van der Waals surface area contributed by atoms with Gasteiger partial charge >= 0.3 is 5.97 Å². The van der Waals surface area contributed by atoms with E-state index in [9.17, 15) is 9.90 Å². The standard InChI is InChI=1S/C32H38O4/c1-6-35-30(34)23-10-8-22(9-11-23)24-13-15-29(36-19-7-18-33)26(20-24)25-12-14-27-28(21-25)32(4,5)17-16-31(27,2)3/h8-15,20-21,33H,6-7,16-19H2,1-5H3. The van der Waals surface area contributed by atoms with Crippen LogP contribution in [0, 0.1) is 0 Å². The molecule has 1 aliphatic carbocycles. The first-order valence-corrected chi connectivity index (χ1v) is 13.0. The molecule has 1 aliphatic rings. The molecular weight excluding hydrogens is 448 g/mol. The summed E-state index contributed by atoms with van der Waals surface area (Å²) in [5.41, 5.74) is 7.87. The van der Waals surface area contributed by atoms with Gasteiger partial charge in [-0.2, -0.15) is 0 Å². The van der Waals surface area contributed by atoms with Gasteiger partial charge in [0.15, 0.2) is 0 Å². The lowest BCUT2D eigenvalue weighted by Gasteiger charge is -2.42. The number of aliphatic hydroxyl groups excluding tert-OH is 1. The summed E-state index contributed by atoms with van der Waals surface area (Å²) in [6.45, 7) is 12.1. The fraction of sp³-hybridized carbons (Fsp3) is 0.406. The molecule has 3 aromatic rings. The van der Waals surface area contributed by atoms with Crippen LogP contribution in [0.4, 0.5) is 0 Å². The van der Waals surface area contributed by atoms with Crippen LogP contribution in [0.3, 0.4) is 0 Å². The number of carbonyl (C=O) groups is 1. The minimum atomic E-state index is -0.308. The zero-order valence-corrected chi connectivity index (χ0v) is 22.2. The zero-order chi connectivity index (χ0) is 25.9. The molecule has 0 heterocycles. The van der Waals surface area contributed by atoms with E-state index >= 15 is 0 Å². The highest BCUT2D eigenvalue weighted by molar-refractivity contribution is 5.90. The average molecular weight is 487 g/mol. The molecule has 3 aromatic carbocycles. The molecule has 190 valence electrons. The maximum Gasteiger partial charge on any atom is 0.338 e. The third-order valence-electron chi connectivity index (χ3n) is 7.43. The van der Waals surface area contributed by atoms with E-state index < -0.39 is 0 Å². The number of benzene rings is 3. The van der Waals surface area contributed by atoms with Crippen molar-refractivity contribution in [3.05, 3.63) is 77.4 Å². The van der Waals surface area contributed by atoms with Crippen molar-refractivity contribution >= 4 is 5.97 Å². The number of fused-ring (bicyclic) bond motifs is 1. The molecule has 0 saturated heterocycles. The van der Waals surface area contributed by atoms with E-state index in [1.807, 2.05) is 36.4 Å². The summed E-state index contributed by atoms with van der Waals surface area (Å²) in [7, 11) is 0. The summed E-state index contributed by atoms with van der Waals surface area (Å²) < 4.78 is 11.2. The molecule has 0 aliphatic heterocycles. The molecular formula is C32H38O4. The summed E-state index contributed by atoms with van der Waals surface area (Å²) in [5, 5.41) is 9.24. The van der Waals surface area contributed by atoms with Gasteiger partial charge in [-0.1, -0.05) is 64.1 Å². The molecule has 0 saturated carbocycles. The van der Waals surface area contributed by atoms with Gasteiger partial charge in [0.1, 0.15) is 5.75 Å². The van der Waals surface area contributed by atoms with Gasteiger partial charge in [-0.25, -0.2) is 4.79 Å². The van der Waals surface area contributed by atoms with Crippen molar-refractivity contribution in [2.45, 2.75) is 64.7 Å². The van der Waals surface area contributed by atoms with Gasteiger partial charge in [-0.05, 0) is 82.7 Å². The number of rotatable bonds is 8. The fourth-order valence-electron chi connectivity index (χ4n) is 5.08. The quantitative estimate of drug-likeness (QED) is 0.268. The van der Waals surface area contributed by atoms with Crippen molar-refractivity contribution in [2.24, 2.45) is 0 Å². The van der Waals surface area contributed by atoms with Crippen LogP contribution in [0.25, 0.3) is 22.3 Å². The van der Waals surface area contributed by atoms with E-state index in [4.69, 9.17) is 9.47 Å². The van der Waals surface area contributed by atoms with E-state index in [2.05, 4.69) is 52.0 Å². The van der Waals surface area contributed by atoms with Gasteiger partial charge in [-0.15, -0.1) is 0 Å². The predicted molar refractivity (Wildman–Crippen MR) is 146 cm³/mol. The molecule has 0 unspecified atom stereocenters. The maximum absolute atomic E-state index is 12.1. The summed E-state index contributed by atoms with van der Waals surface area (Å²) >= 11 is 0. The molecule has 0 spiro atoms. The number of hydrogen-bond donors (Lipinski definition) is 1. The summed E-state index contributed by atoms with van der Waals surface area (Å²) in [6, 6.07) is 20.6. The van der Waals surface area contributed by atoms with Crippen LogP contribution >= 0.6 is 0 Å². The van der Waals surface area contributed by atoms with Crippen molar-refractivity contribution in [2.75, 3.05) is 19.8 Å². The van der Waals surface area contributed by atoms with Gasteiger partial charge in [-0.3, -0.25) is 0 Å². The van der Waals surface area contributed by atoms with E-state index in [1.54, 1.807) is 6.92 Å². The van der Waals surface area contributed by atoms with Crippen LogP contribution < -0.4 is 4.74 Å². The molecule has 4 rings (SSSR count). The minimum absolute atomic E-state index is 0.0996. The van der Waals surface area contributed by atoms with Crippen LogP contribution in [-0.4, -0.2) is 30.9 Å². The van der Waals surface area contributed by atoms with E-state index in [0.717, 1.165) is 34.4 Å². The highest BCUT2D eigenvalue weighted by Gasteiger charge is 2.37. The lowest BCUT2D eigenvalue weighted by Crippen LogP contribution is -2.33. The first-order chi connectivity index (χ1) is 17.2. The van der Waals surface area contributed by atoms with Gasteiger partial charge in [0.05, 0.1) is 18.8 Å². The summed E-state index contributed by atoms with van der Waals surface area (Å²) in [4.78, 5) is 12.1. The van der Waals surface area contributed by atoms with E-state index in [-0.39, 0.29) is 23.4 Å². The summed E-state index contributed by atoms with van der Waals surface area (Å²) in [5.74, 6) is 0.500. The zero-order valence-electron chi connectivity index (χ0n) is 22.2. The Bertz CT molecular complexity index is 1220. The van der Waals surface area contributed by atoms with Crippen molar-refractivity contribution in [3.63, 3.8) is 0 Å². The smallest absolute Gasteiger partial charge is 0.338 e. The number of carbonyl (C=O) groups excluding carboxylic acids is 1. The molecule has 0 aromatic heterocycles. The Hall–Kier alpha value is -3.11. The average Bonchev–Trinajstić information content (AvgIpc) is 2.87. The van der Waals surface area contributed by atoms with Gasteiger partial charge in [0.25, 0.3) is 0 Å². The number of esters is 1. The molecule has 4 heteroatoms. The van der Waals surface area contributed by atoms with Crippen molar-refractivity contribution in [1.82, 2.24) is 0 Å². The Balaban J connectivity index is 1.77. The Labute approximate surface area is 215 Å². The lowest BCUT2D eigenvalue weighted by atomic mass is 9.63. The largest absolute Gasteiger partial charge is 0.493 e. The fourth-order valence-corrected chi connectivity index (χ4v) is 5.08. The van der Waals surface area contributed by atoms with Crippen molar-refractivity contribution in [1.29, 1.82) is 0 Å². The molecule has 0 atom stereocenters. The van der Waals surface area contributed by atoms with E-state index in [1.165, 1.54) is 17.5 Å². The second-order valence-electron chi connectivity index (χ2n) is 11.0. The van der Waals surface area contributed by atoms with Crippen LogP contribution in [-0.2, 0) is 15.6 Å². The van der Waals surface area contributed by atoms with Crippen molar-refractivity contribution in [3.8, 4) is 28.0 Å².